The number of carbonyl (C=O) groups excluding carboxylic acids is 2. The number of nitrogens with one attached hydrogen (secondary N) is 1. The number of hydrogen-bond donors (Lipinski definition) is 1. The van der Waals surface area contributed by atoms with Crippen LogP contribution >= 0.6 is 11.3 Å². The first-order valence-corrected chi connectivity index (χ1v) is 9.80. The molecule has 5 nitrogen and oxygen atoms in total. The van der Waals surface area contributed by atoms with Gasteiger partial charge in [-0.25, -0.2) is 4.98 Å². The highest BCUT2D eigenvalue weighted by Gasteiger charge is 2.34. The van der Waals surface area contributed by atoms with Crippen LogP contribution in [-0.4, -0.2) is 34.8 Å². The number of fused-ring (bicyclic) bond motifs is 1. The summed E-state index contributed by atoms with van der Waals surface area (Å²) in [6, 6.07) is 7.03. The van der Waals surface area contributed by atoms with E-state index in [-0.39, 0.29) is 17.2 Å². The largest absolute Gasteiger partial charge is 0.312 e. The van der Waals surface area contributed by atoms with Crippen LogP contribution in [0, 0.1) is 0 Å². The Hall–Kier alpha value is -2.05. The summed E-state index contributed by atoms with van der Waals surface area (Å²) in [5.74, 6) is -0.337. The fourth-order valence-corrected chi connectivity index (χ4v) is 3.85. The highest BCUT2D eigenvalue weighted by molar-refractivity contribution is 7.11. The zero-order valence-electron chi connectivity index (χ0n) is 15.5. The van der Waals surface area contributed by atoms with Crippen LogP contribution in [0.5, 0.6) is 0 Å². The second-order valence-electron chi connectivity index (χ2n) is 7.57. The van der Waals surface area contributed by atoms with Crippen molar-refractivity contribution in [2.75, 3.05) is 13.1 Å². The SMILES string of the molecule is CC(C)(C)c1ncc(CNCCCCN2C(=O)c3ccccc3C2=O)s1. The quantitative estimate of drug-likeness (QED) is 0.597. The molecule has 2 heterocycles. The number of rotatable bonds is 7. The Bertz CT molecular complexity index is 772. The molecule has 1 aliphatic rings. The number of hydrogen-bond acceptors (Lipinski definition) is 5. The van der Waals surface area contributed by atoms with Crippen molar-refractivity contribution in [3.05, 3.63) is 51.5 Å². The summed E-state index contributed by atoms with van der Waals surface area (Å²) >= 11 is 1.75. The van der Waals surface area contributed by atoms with Crippen LogP contribution in [0.1, 0.15) is 64.2 Å². The minimum absolute atomic E-state index is 0.0926. The molecule has 0 bridgehead atoms. The van der Waals surface area contributed by atoms with E-state index in [1.165, 1.54) is 9.78 Å². The number of carbonyl (C=O) groups is 2. The number of nitrogens with zero attached hydrogens (tertiary/aromatic N) is 2. The van der Waals surface area contributed by atoms with Crippen molar-refractivity contribution >= 4 is 23.2 Å². The minimum atomic E-state index is -0.169. The van der Waals surface area contributed by atoms with Crippen molar-refractivity contribution in [3.8, 4) is 0 Å². The zero-order chi connectivity index (χ0) is 18.7. The Morgan fingerprint density at radius 1 is 1.08 bits per heavy atom. The molecule has 2 amide bonds. The van der Waals surface area contributed by atoms with E-state index < -0.39 is 0 Å². The lowest BCUT2D eigenvalue weighted by molar-refractivity contribution is 0.0651. The Morgan fingerprint density at radius 3 is 2.31 bits per heavy atom. The van der Waals surface area contributed by atoms with Gasteiger partial charge in [0, 0.05) is 29.6 Å². The van der Waals surface area contributed by atoms with E-state index in [1.807, 2.05) is 6.20 Å². The van der Waals surface area contributed by atoms with Crippen molar-refractivity contribution in [1.29, 1.82) is 0 Å². The van der Waals surface area contributed by atoms with Crippen molar-refractivity contribution in [2.45, 2.75) is 45.6 Å². The Morgan fingerprint density at radius 2 is 1.73 bits per heavy atom. The summed E-state index contributed by atoms with van der Waals surface area (Å²) in [7, 11) is 0. The molecule has 1 aromatic carbocycles. The average Bonchev–Trinajstić information content (AvgIpc) is 3.17. The smallest absolute Gasteiger partial charge is 0.261 e. The molecule has 6 heteroatoms. The average molecular weight is 372 g/mol. The third-order valence-corrected chi connectivity index (χ3v) is 5.78. The van der Waals surface area contributed by atoms with Gasteiger partial charge in [-0.1, -0.05) is 32.9 Å². The van der Waals surface area contributed by atoms with Crippen molar-refractivity contribution in [3.63, 3.8) is 0 Å². The fourth-order valence-electron chi connectivity index (χ4n) is 2.91. The Balaban J connectivity index is 1.38. The number of benzene rings is 1. The van der Waals surface area contributed by atoms with Crippen LogP contribution in [0.15, 0.2) is 30.5 Å². The van der Waals surface area contributed by atoms with E-state index in [0.717, 1.165) is 30.9 Å². The molecule has 26 heavy (non-hydrogen) atoms. The maximum Gasteiger partial charge on any atom is 0.261 e. The summed E-state index contributed by atoms with van der Waals surface area (Å²) in [5.41, 5.74) is 1.14. The van der Waals surface area contributed by atoms with Gasteiger partial charge in [0.2, 0.25) is 0 Å². The molecule has 1 aromatic heterocycles. The van der Waals surface area contributed by atoms with Gasteiger partial charge >= 0.3 is 0 Å². The number of aromatic nitrogens is 1. The first-order chi connectivity index (χ1) is 12.4. The molecule has 0 saturated heterocycles. The fraction of sp³-hybridized carbons (Fsp3) is 0.450. The standard InChI is InChI=1S/C20H25N3O2S/c1-20(2,3)19-22-13-14(26-19)12-21-10-6-7-11-23-17(24)15-8-4-5-9-16(15)18(23)25/h4-5,8-9,13,21H,6-7,10-12H2,1-3H3. The van der Waals surface area contributed by atoms with Gasteiger partial charge < -0.3 is 5.32 Å². The monoisotopic (exact) mass is 371 g/mol. The number of imide groups is 1. The number of unbranched alkanes of at least 4 members (excludes halogenated alkanes) is 1. The van der Waals surface area contributed by atoms with Gasteiger partial charge in [-0.05, 0) is 31.5 Å². The summed E-state index contributed by atoms with van der Waals surface area (Å²) in [6.07, 6.45) is 3.66. The van der Waals surface area contributed by atoms with Crippen LogP contribution in [0.2, 0.25) is 0 Å². The molecule has 0 fully saturated rings. The zero-order valence-corrected chi connectivity index (χ0v) is 16.4. The molecule has 138 valence electrons. The van der Waals surface area contributed by atoms with Crippen molar-refractivity contribution in [1.82, 2.24) is 15.2 Å². The van der Waals surface area contributed by atoms with Crippen LogP contribution in [0.3, 0.4) is 0 Å². The van der Waals surface area contributed by atoms with Gasteiger partial charge in [-0.2, -0.15) is 0 Å². The summed E-state index contributed by atoms with van der Waals surface area (Å²) in [5, 5.41) is 4.57. The van der Waals surface area contributed by atoms with Gasteiger partial charge in [0.1, 0.15) is 0 Å². The van der Waals surface area contributed by atoms with E-state index in [1.54, 1.807) is 35.6 Å². The predicted molar refractivity (Wildman–Crippen MR) is 104 cm³/mol. The molecule has 0 atom stereocenters. The second kappa shape index (κ2) is 7.68. The van der Waals surface area contributed by atoms with Gasteiger partial charge in [-0.3, -0.25) is 14.5 Å². The molecule has 1 N–H and O–H groups in total. The topological polar surface area (TPSA) is 62.3 Å². The molecule has 0 radical (unpaired) electrons. The molecular weight excluding hydrogens is 346 g/mol. The number of amides is 2. The molecule has 3 rings (SSSR count). The normalized spacial score (nSPS) is 14.2. The first-order valence-electron chi connectivity index (χ1n) is 8.99. The number of thiazole rings is 1. The predicted octanol–water partition coefficient (Wildman–Crippen LogP) is 3.61. The summed E-state index contributed by atoms with van der Waals surface area (Å²) in [6.45, 7) is 8.64. The Kier molecular flexibility index (Phi) is 5.53. The van der Waals surface area contributed by atoms with E-state index in [0.29, 0.717) is 17.7 Å². The second-order valence-corrected chi connectivity index (χ2v) is 8.69. The minimum Gasteiger partial charge on any atom is -0.312 e. The van der Waals surface area contributed by atoms with Gasteiger partial charge in [-0.15, -0.1) is 11.3 Å². The highest BCUT2D eigenvalue weighted by atomic mass is 32.1. The summed E-state index contributed by atoms with van der Waals surface area (Å²) < 4.78 is 0. The molecule has 2 aromatic rings. The molecule has 0 spiro atoms. The first kappa shape index (κ1) is 18.7. The maximum absolute atomic E-state index is 12.3. The van der Waals surface area contributed by atoms with Crippen LogP contribution in [0.4, 0.5) is 0 Å². The maximum atomic E-state index is 12.3. The lowest BCUT2D eigenvalue weighted by Gasteiger charge is -2.14. The van der Waals surface area contributed by atoms with E-state index in [2.05, 4.69) is 31.1 Å². The van der Waals surface area contributed by atoms with Crippen molar-refractivity contribution in [2.24, 2.45) is 0 Å². The lowest BCUT2D eigenvalue weighted by Crippen LogP contribution is -2.31. The lowest BCUT2D eigenvalue weighted by atomic mass is 9.98. The molecule has 1 aliphatic heterocycles. The third-order valence-electron chi connectivity index (χ3n) is 4.36. The van der Waals surface area contributed by atoms with Crippen LogP contribution in [0.25, 0.3) is 0 Å². The van der Waals surface area contributed by atoms with Gasteiger partial charge in [0.05, 0.1) is 16.1 Å². The van der Waals surface area contributed by atoms with Gasteiger partial charge in [0.15, 0.2) is 0 Å². The van der Waals surface area contributed by atoms with Crippen molar-refractivity contribution < 1.29 is 9.59 Å². The molecule has 0 aliphatic carbocycles. The third kappa shape index (κ3) is 4.02. The van der Waals surface area contributed by atoms with Crippen LogP contribution in [-0.2, 0) is 12.0 Å². The molecule has 0 saturated carbocycles. The van der Waals surface area contributed by atoms with E-state index >= 15 is 0 Å². The van der Waals surface area contributed by atoms with Crippen LogP contribution < -0.4 is 5.32 Å². The molecule has 0 unspecified atom stereocenters. The van der Waals surface area contributed by atoms with Gasteiger partial charge in [0.25, 0.3) is 11.8 Å². The molecular formula is C20H25N3O2S. The Labute approximate surface area is 158 Å². The summed E-state index contributed by atoms with van der Waals surface area (Å²) in [4.78, 5) is 31.6. The van der Waals surface area contributed by atoms with E-state index in [4.69, 9.17) is 0 Å². The van der Waals surface area contributed by atoms with E-state index in [9.17, 15) is 9.59 Å². The highest BCUT2D eigenvalue weighted by Crippen LogP contribution is 2.26.